The number of carbonyl (C=O) groups excluding carboxylic acids is 1. The van der Waals surface area contributed by atoms with Crippen molar-refractivity contribution in [3.05, 3.63) is 54.1 Å². The quantitative estimate of drug-likeness (QED) is 0.636. The molecule has 1 amide bonds. The number of piperidine rings is 1. The van der Waals surface area contributed by atoms with Crippen molar-refractivity contribution in [3.63, 3.8) is 0 Å². The monoisotopic (exact) mass is 419 g/mol. The van der Waals surface area contributed by atoms with Gasteiger partial charge in [0, 0.05) is 25.4 Å². The van der Waals surface area contributed by atoms with Crippen LogP contribution in [0.4, 0.5) is 11.4 Å². The minimum Gasteiger partial charge on any atom is -0.497 e. The first-order chi connectivity index (χ1) is 13.7. The summed E-state index contributed by atoms with van der Waals surface area (Å²) in [6, 6.07) is 15.3. The number of nitrogens with zero attached hydrogens (tertiary/aromatic N) is 1. The first kappa shape index (κ1) is 23.0. The van der Waals surface area contributed by atoms with Crippen molar-refractivity contribution in [3.8, 4) is 5.75 Å². The SMILES string of the molecule is COc1ccc(Nc2ccccc2C(=O)N2CCC(OCCCN)CC2)cc1.Cl. The summed E-state index contributed by atoms with van der Waals surface area (Å²) in [5.41, 5.74) is 7.91. The van der Waals surface area contributed by atoms with E-state index in [4.69, 9.17) is 15.2 Å². The highest BCUT2D eigenvalue weighted by atomic mass is 35.5. The number of amides is 1. The molecule has 29 heavy (non-hydrogen) atoms. The summed E-state index contributed by atoms with van der Waals surface area (Å²) in [6.45, 7) is 2.77. The van der Waals surface area contributed by atoms with Crippen LogP contribution in [-0.2, 0) is 4.74 Å². The summed E-state index contributed by atoms with van der Waals surface area (Å²) < 4.78 is 11.0. The molecule has 7 heteroatoms. The number of hydrogen-bond acceptors (Lipinski definition) is 5. The summed E-state index contributed by atoms with van der Waals surface area (Å²) in [5.74, 6) is 0.850. The van der Waals surface area contributed by atoms with E-state index in [0.29, 0.717) is 31.8 Å². The average Bonchev–Trinajstić information content (AvgIpc) is 2.75. The normalized spacial score (nSPS) is 14.2. The van der Waals surface area contributed by atoms with E-state index in [0.717, 1.165) is 36.4 Å². The molecule has 1 aliphatic heterocycles. The van der Waals surface area contributed by atoms with Gasteiger partial charge in [0.25, 0.3) is 5.91 Å². The van der Waals surface area contributed by atoms with Gasteiger partial charge in [-0.05, 0) is 62.2 Å². The number of anilines is 2. The first-order valence-electron chi connectivity index (χ1n) is 9.82. The Bertz CT molecular complexity index is 762. The molecule has 0 aromatic heterocycles. The molecule has 1 heterocycles. The van der Waals surface area contributed by atoms with Gasteiger partial charge in [0.15, 0.2) is 0 Å². The Labute approximate surface area is 178 Å². The number of benzene rings is 2. The minimum atomic E-state index is 0. The third-order valence-electron chi connectivity index (χ3n) is 4.96. The number of rotatable bonds is 8. The Morgan fingerprint density at radius 3 is 2.48 bits per heavy atom. The molecule has 3 rings (SSSR count). The highest BCUT2D eigenvalue weighted by molar-refractivity contribution is 6.00. The van der Waals surface area contributed by atoms with Gasteiger partial charge < -0.3 is 25.4 Å². The molecular weight excluding hydrogens is 390 g/mol. The van der Waals surface area contributed by atoms with Crippen LogP contribution in [0.25, 0.3) is 0 Å². The third kappa shape index (κ3) is 6.35. The van der Waals surface area contributed by atoms with Gasteiger partial charge in [-0.2, -0.15) is 0 Å². The van der Waals surface area contributed by atoms with E-state index in [2.05, 4.69) is 5.32 Å². The molecule has 0 aliphatic carbocycles. The summed E-state index contributed by atoms with van der Waals surface area (Å²) in [4.78, 5) is 15.0. The van der Waals surface area contributed by atoms with Crippen LogP contribution in [0, 0.1) is 0 Å². The van der Waals surface area contributed by atoms with Crippen molar-refractivity contribution >= 4 is 29.7 Å². The highest BCUT2D eigenvalue weighted by Gasteiger charge is 2.25. The number of likely N-dealkylation sites (tertiary alicyclic amines) is 1. The third-order valence-corrected chi connectivity index (χ3v) is 4.96. The number of para-hydroxylation sites is 1. The second-order valence-corrected chi connectivity index (χ2v) is 6.90. The molecule has 0 saturated carbocycles. The molecule has 2 aromatic carbocycles. The van der Waals surface area contributed by atoms with Crippen LogP contribution in [0.5, 0.6) is 5.75 Å². The molecule has 6 nitrogen and oxygen atoms in total. The zero-order valence-electron chi connectivity index (χ0n) is 16.8. The second-order valence-electron chi connectivity index (χ2n) is 6.90. The topological polar surface area (TPSA) is 76.8 Å². The van der Waals surface area contributed by atoms with Gasteiger partial charge in [-0.1, -0.05) is 12.1 Å². The van der Waals surface area contributed by atoms with Gasteiger partial charge in [-0.3, -0.25) is 4.79 Å². The number of carbonyl (C=O) groups is 1. The molecule has 3 N–H and O–H groups in total. The van der Waals surface area contributed by atoms with Gasteiger partial charge in [0.1, 0.15) is 5.75 Å². The van der Waals surface area contributed by atoms with Crippen LogP contribution >= 0.6 is 12.4 Å². The molecule has 1 saturated heterocycles. The number of methoxy groups -OCH3 is 1. The predicted molar refractivity (Wildman–Crippen MR) is 119 cm³/mol. The molecule has 0 spiro atoms. The Balaban J connectivity index is 0.00000300. The van der Waals surface area contributed by atoms with Crippen molar-refractivity contribution in [1.82, 2.24) is 4.90 Å². The molecule has 0 bridgehead atoms. The lowest BCUT2D eigenvalue weighted by Gasteiger charge is -2.32. The highest BCUT2D eigenvalue weighted by Crippen LogP contribution is 2.25. The molecule has 1 fully saturated rings. The average molecular weight is 420 g/mol. The summed E-state index contributed by atoms with van der Waals surface area (Å²) in [7, 11) is 1.64. The number of halogens is 1. The maximum atomic E-state index is 13.1. The molecular formula is C22H30ClN3O3. The lowest BCUT2D eigenvalue weighted by Crippen LogP contribution is -2.41. The van der Waals surface area contributed by atoms with Crippen LogP contribution in [0.15, 0.2) is 48.5 Å². The van der Waals surface area contributed by atoms with Crippen molar-refractivity contribution in [2.75, 3.05) is 38.7 Å². The van der Waals surface area contributed by atoms with Crippen LogP contribution in [0.1, 0.15) is 29.6 Å². The second kappa shape index (κ2) is 11.7. The predicted octanol–water partition coefficient (Wildman–Crippen LogP) is 3.83. The van der Waals surface area contributed by atoms with E-state index in [1.54, 1.807) is 7.11 Å². The van der Waals surface area contributed by atoms with E-state index in [9.17, 15) is 4.79 Å². The van der Waals surface area contributed by atoms with Gasteiger partial charge in [0.05, 0.1) is 24.5 Å². The van der Waals surface area contributed by atoms with Gasteiger partial charge in [0.2, 0.25) is 0 Å². The number of hydrogen-bond donors (Lipinski definition) is 2. The summed E-state index contributed by atoms with van der Waals surface area (Å²) in [5, 5.41) is 3.35. The minimum absolute atomic E-state index is 0. The van der Waals surface area contributed by atoms with Gasteiger partial charge in [-0.15, -0.1) is 12.4 Å². The molecule has 0 atom stereocenters. The fourth-order valence-corrected chi connectivity index (χ4v) is 3.34. The Hall–Kier alpha value is -2.28. The van der Waals surface area contributed by atoms with E-state index in [-0.39, 0.29) is 24.4 Å². The lowest BCUT2D eigenvalue weighted by atomic mass is 10.1. The number of ether oxygens (including phenoxy) is 2. The van der Waals surface area contributed by atoms with Crippen molar-refractivity contribution in [2.45, 2.75) is 25.4 Å². The fraction of sp³-hybridized carbons (Fsp3) is 0.409. The zero-order chi connectivity index (χ0) is 19.8. The maximum absolute atomic E-state index is 13.1. The first-order valence-corrected chi connectivity index (χ1v) is 9.82. The Kier molecular flexibility index (Phi) is 9.25. The van der Waals surface area contributed by atoms with Crippen molar-refractivity contribution in [1.29, 1.82) is 0 Å². The molecule has 0 radical (unpaired) electrons. The van der Waals surface area contributed by atoms with Crippen LogP contribution in [0.3, 0.4) is 0 Å². The van der Waals surface area contributed by atoms with E-state index in [1.807, 2.05) is 53.4 Å². The summed E-state index contributed by atoms with van der Waals surface area (Å²) in [6.07, 6.45) is 2.83. The summed E-state index contributed by atoms with van der Waals surface area (Å²) >= 11 is 0. The largest absolute Gasteiger partial charge is 0.497 e. The van der Waals surface area contributed by atoms with E-state index >= 15 is 0 Å². The van der Waals surface area contributed by atoms with Gasteiger partial charge in [-0.25, -0.2) is 0 Å². The van der Waals surface area contributed by atoms with Crippen molar-refractivity contribution < 1.29 is 14.3 Å². The number of nitrogens with two attached hydrogens (primary N) is 1. The van der Waals surface area contributed by atoms with Crippen molar-refractivity contribution in [2.24, 2.45) is 5.73 Å². The fourth-order valence-electron chi connectivity index (χ4n) is 3.34. The van der Waals surface area contributed by atoms with E-state index in [1.165, 1.54) is 0 Å². The Morgan fingerprint density at radius 1 is 1.14 bits per heavy atom. The lowest BCUT2D eigenvalue weighted by molar-refractivity contribution is 0.00847. The van der Waals surface area contributed by atoms with E-state index < -0.39 is 0 Å². The van der Waals surface area contributed by atoms with Crippen LogP contribution < -0.4 is 15.8 Å². The molecule has 158 valence electrons. The molecule has 0 unspecified atom stereocenters. The number of nitrogens with one attached hydrogen (secondary N) is 1. The Morgan fingerprint density at radius 2 is 1.83 bits per heavy atom. The molecule has 2 aromatic rings. The smallest absolute Gasteiger partial charge is 0.255 e. The zero-order valence-corrected chi connectivity index (χ0v) is 17.6. The maximum Gasteiger partial charge on any atom is 0.255 e. The standard InChI is InChI=1S/C22H29N3O3.ClH/c1-27-18-9-7-17(8-10-18)24-21-6-3-2-5-20(21)22(26)25-14-11-19(12-15-25)28-16-4-13-23;/h2-3,5-10,19,24H,4,11-16,23H2,1H3;1H. The van der Waals surface area contributed by atoms with Crippen LogP contribution in [0.2, 0.25) is 0 Å². The molecule has 1 aliphatic rings. The van der Waals surface area contributed by atoms with Gasteiger partial charge >= 0.3 is 0 Å². The van der Waals surface area contributed by atoms with Crippen LogP contribution in [-0.4, -0.2) is 50.3 Å².